The SMILES string of the molecule is O=C(Nc1nccc(Cl)n1)c1ccc(Cl)c([N+](=O)[O-])c1. The molecule has 0 aliphatic rings. The maximum atomic E-state index is 11.9. The van der Waals surface area contributed by atoms with Crippen molar-refractivity contribution in [1.29, 1.82) is 0 Å². The van der Waals surface area contributed by atoms with E-state index in [9.17, 15) is 14.9 Å². The molecule has 0 atom stereocenters. The summed E-state index contributed by atoms with van der Waals surface area (Å²) in [7, 11) is 0. The molecule has 1 amide bonds. The van der Waals surface area contributed by atoms with E-state index < -0.39 is 10.8 Å². The molecular formula is C11H6Cl2N4O3. The first-order valence-electron chi connectivity index (χ1n) is 5.21. The van der Waals surface area contributed by atoms with Gasteiger partial charge in [0, 0.05) is 17.8 Å². The summed E-state index contributed by atoms with van der Waals surface area (Å²) in [5.74, 6) is -0.605. The second kappa shape index (κ2) is 5.81. The standard InChI is InChI=1S/C11H6Cl2N4O3/c12-7-2-1-6(5-8(7)17(19)20)10(18)16-11-14-4-3-9(13)15-11/h1-5H,(H,14,15,16,18). The molecule has 1 N–H and O–H groups in total. The molecule has 1 heterocycles. The average molecular weight is 313 g/mol. The van der Waals surface area contributed by atoms with Crippen LogP contribution in [-0.4, -0.2) is 20.8 Å². The van der Waals surface area contributed by atoms with Crippen LogP contribution < -0.4 is 5.32 Å². The van der Waals surface area contributed by atoms with Gasteiger partial charge in [0.05, 0.1) is 4.92 Å². The van der Waals surface area contributed by atoms with Gasteiger partial charge >= 0.3 is 0 Å². The van der Waals surface area contributed by atoms with Crippen molar-refractivity contribution in [1.82, 2.24) is 9.97 Å². The van der Waals surface area contributed by atoms with Crippen LogP contribution in [0.1, 0.15) is 10.4 Å². The predicted molar refractivity (Wildman–Crippen MR) is 73.1 cm³/mol. The fourth-order valence-electron chi connectivity index (χ4n) is 1.36. The van der Waals surface area contributed by atoms with E-state index >= 15 is 0 Å². The van der Waals surface area contributed by atoms with E-state index in [1.165, 1.54) is 24.4 Å². The van der Waals surface area contributed by atoms with Crippen LogP contribution in [0.5, 0.6) is 0 Å². The number of nitro benzene ring substituents is 1. The zero-order valence-electron chi connectivity index (χ0n) is 9.71. The number of benzene rings is 1. The lowest BCUT2D eigenvalue weighted by atomic mass is 10.2. The molecule has 7 nitrogen and oxygen atoms in total. The zero-order valence-corrected chi connectivity index (χ0v) is 11.2. The smallest absolute Gasteiger partial charge is 0.288 e. The number of nitro groups is 1. The maximum Gasteiger partial charge on any atom is 0.288 e. The third kappa shape index (κ3) is 3.19. The number of nitrogens with zero attached hydrogens (tertiary/aromatic N) is 3. The molecule has 102 valence electrons. The molecule has 20 heavy (non-hydrogen) atoms. The number of carbonyl (C=O) groups is 1. The van der Waals surface area contributed by atoms with Crippen molar-refractivity contribution in [2.24, 2.45) is 0 Å². The molecule has 1 aromatic carbocycles. The maximum absolute atomic E-state index is 11.9. The predicted octanol–water partition coefficient (Wildman–Crippen LogP) is 2.94. The quantitative estimate of drug-likeness (QED) is 0.533. The van der Waals surface area contributed by atoms with Crippen LogP contribution in [0, 0.1) is 10.1 Å². The van der Waals surface area contributed by atoms with Gasteiger partial charge in [0.15, 0.2) is 0 Å². The van der Waals surface area contributed by atoms with Crippen LogP contribution >= 0.6 is 23.2 Å². The third-order valence-corrected chi connectivity index (χ3v) is 2.78. The van der Waals surface area contributed by atoms with Crippen molar-refractivity contribution < 1.29 is 9.72 Å². The monoisotopic (exact) mass is 312 g/mol. The van der Waals surface area contributed by atoms with E-state index in [4.69, 9.17) is 23.2 Å². The number of carbonyl (C=O) groups excluding carboxylic acids is 1. The van der Waals surface area contributed by atoms with Crippen molar-refractivity contribution in [3.05, 3.63) is 56.3 Å². The summed E-state index contributed by atoms with van der Waals surface area (Å²) >= 11 is 11.3. The van der Waals surface area contributed by atoms with E-state index in [1.807, 2.05) is 0 Å². The van der Waals surface area contributed by atoms with Gasteiger partial charge in [-0.1, -0.05) is 23.2 Å². The number of amides is 1. The Bertz CT molecular complexity index is 693. The van der Waals surface area contributed by atoms with Crippen molar-refractivity contribution in [2.75, 3.05) is 5.32 Å². The Hall–Kier alpha value is -2.25. The molecule has 0 saturated heterocycles. The van der Waals surface area contributed by atoms with Crippen LogP contribution in [-0.2, 0) is 0 Å². The van der Waals surface area contributed by atoms with Gasteiger partial charge in [-0.2, -0.15) is 0 Å². The van der Waals surface area contributed by atoms with E-state index in [0.717, 1.165) is 6.07 Å². The normalized spacial score (nSPS) is 10.1. The van der Waals surface area contributed by atoms with E-state index in [2.05, 4.69) is 15.3 Å². The molecule has 0 aliphatic heterocycles. The summed E-state index contributed by atoms with van der Waals surface area (Å²) in [4.78, 5) is 29.6. The van der Waals surface area contributed by atoms with Gasteiger partial charge in [-0.25, -0.2) is 9.97 Å². The summed E-state index contributed by atoms with van der Waals surface area (Å²) < 4.78 is 0. The first-order chi connectivity index (χ1) is 9.47. The highest BCUT2D eigenvalue weighted by atomic mass is 35.5. The van der Waals surface area contributed by atoms with Crippen molar-refractivity contribution in [3.63, 3.8) is 0 Å². The van der Waals surface area contributed by atoms with Crippen LogP contribution in [0.2, 0.25) is 10.2 Å². The van der Waals surface area contributed by atoms with Crippen LogP contribution in [0.3, 0.4) is 0 Å². The molecule has 0 unspecified atom stereocenters. The number of halogens is 2. The summed E-state index contributed by atoms with van der Waals surface area (Å²) in [6.45, 7) is 0. The molecule has 2 rings (SSSR count). The molecule has 9 heteroatoms. The second-order valence-corrected chi connectivity index (χ2v) is 4.37. The van der Waals surface area contributed by atoms with Gasteiger partial charge < -0.3 is 0 Å². The zero-order chi connectivity index (χ0) is 14.7. The summed E-state index contributed by atoms with van der Waals surface area (Å²) in [5.41, 5.74) is -0.295. The van der Waals surface area contributed by atoms with Gasteiger partial charge in [0.1, 0.15) is 10.2 Å². The lowest BCUT2D eigenvalue weighted by Gasteiger charge is -2.04. The summed E-state index contributed by atoms with van der Waals surface area (Å²) in [6.07, 6.45) is 1.37. The minimum Gasteiger partial charge on any atom is -0.290 e. The molecule has 0 spiro atoms. The Morgan fingerprint density at radius 2 is 2.05 bits per heavy atom. The lowest BCUT2D eigenvalue weighted by Crippen LogP contribution is -2.14. The fraction of sp³-hybridized carbons (Fsp3) is 0. The third-order valence-electron chi connectivity index (χ3n) is 2.25. The lowest BCUT2D eigenvalue weighted by molar-refractivity contribution is -0.384. The minimum absolute atomic E-state index is 0.0000954. The molecule has 0 radical (unpaired) electrons. The molecule has 0 fully saturated rings. The average Bonchev–Trinajstić information content (AvgIpc) is 2.38. The van der Waals surface area contributed by atoms with Gasteiger partial charge in [-0.15, -0.1) is 0 Å². The molecule has 2 aromatic rings. The molecular weight excluding hydrogens is 307 g/mol. The van der Waals surface area contributed by atoms with Gasteiger partial charge in [-0.05, 0) is 18.2 Å². The Labute approximate surface area is 122 Å². The highest BCUT2D eigenvalue weighted by Crippen LogP contribution is 2.25. The molecule has 0 aliphatic carbocycles. The van der Waals surface area contributed by atoms with Crippen LogP contribution in [0.25, 0.3) is 0 Å². The van der Waals surface area contributed by atoms with E-state index in [1.54, 1.807) is 0 Å². The Morgan fingerprint density at radius 3 is 2.70 bits per heavy atom. The van der Waals surface area contributed by atoms with E-state index in [0.29, 0.717) is 0 Å². The number of nitrogens with one attached hydrogen (secondary N) is 1. The van der Waals surface area contributed by atoms with E-state index in [-0.39, 0.29) is 27.4 Å². The van der Waals surface area contributed by atoms with Crippen molar-refractivity contribution >= 4 is 40.7 Å². The number of rotatable bonds is 3. The number of hydrogen-bond donors (Lipinski definition) is 1. The number of hydrogen-bond acceptors (Lipinski definition) is 5. The minimum atomic E-state index is -0.672. The molecule has 0 bridgehead atoms. The first-order valence-corrected chi connectivity index (χ1v) is 5.97. The fourth-order valence-corrected chi connectivity index (χ4v) is 1.69. The highest BCUT2D eigenvalue weighted by Gasteiger charge is 2.16. The van der Waals surface area contributed by atoms with Crippen molar-refractivity contribution in [2.45, 2.75) is 0 Å². The Morgan fingerprint density at radius 1 is 1.30 bits per heavy atom. The van der Waals surface area contributed by atoms with Crippen molar-refractivity contribution in [3.8, 4) is 0 Å². The topological polar surface area (TPSA) is 98.0 Å². The first kappa shape index (κ1) is 14.2. The largest absolute Gasteiger partial charge is 0.290 e. The number of aromatic nitrogens is 2. The highest BCUT2D eigenvalue weighted by molar-refractivity contribution is 6.32. The Balaban J connectivity index is 2.26. The summed E-state index contributed by atoms with van der Waals surface area (Å²) in [5, 5.41) is 13.2. The van der Waals surface area contributed by atoms with Crippen LogP contribution in [0.15, 0.2) is 30.5 Å². The molecule has 0 saturated carbocycles. The Kier molecular flexibility index (Phi) is 4.11. The number of anilines is 1. The van der Waals surface area contributed by atoms with Gasteiger partial charge in [0.25, 0.3) is 11.6 Å². The summed E-state index contributed by atoms with van der Waals surface area (Å²) in [6, 6.07) is 5.15. The molecule has 1 aromatic heterocycles. The van der Waals surface area contributed by atoms with Gasteiger partial charge in [0.2, 0.25) is 5.95 Å². The van der Waals surface area contributed by atoms with Gasteiger partial charge in [-0.3, -0.25) is 20.2 Å². The van der Waals surface area contributed by atoms with Crippen LogP contribution in [0.4, 0.5) is 11.6 Å². The second-order valence-electron chi connectivity index (χ2n) is 3.58.